The molecule has 4 nitrogen and oxygen atoms in total. The molecule has 0 saturated heterocycles. The fourth-order valence-electron chi connectivity index (χ4n) is 7.38. The van der Waals surface area contributed by atoms with E-state index in [-0.39, 0.29) is 0 Å². The van der Waals surface area contributed by atoms with Gasteiger partial charge in [0.05, 0.1) is 39.5 Å². The van der Waals surface area contributed by atoms with Crippen LogP contribution < -0.4 is 0 Å². The fourth-order valence-corrected chi connectivity index (χ4v) is 8.62. The van der Waals surface area contributed by atoms with Crippen LogP contribution >= 0.6 is 11.3 Å². The van der Waals surface area contributed by atoms with E-state index in [0.717, 1.165) is 39.1 Å². The number of aromatic nitrogens is 3. The van der Waals surface area contributed by atoms with Crippen LogP contribution in [0.2, 0.25) is 0 Å². The fraction of sp³-hybridized carbons (Fsp3) is 0. The average molecular weight is 617 g/mol. The average Bonchev–Trinajstić information content (AvgIpc) is 3.79. The van der Waals surface area contributed by atoms with Crippen molar-refractivity contribution in [3.05, 3.63) is 157 Å². The van der Waals surface area contributed by atoms with E-state index in [2.05, 4.69) is 140 Å². The molecule has 10 aromatic rings. The Morgan fingerprint density at radius 2 is 1.23 bits per heavy atom. The number of thiophene rings is 1. The molecule has 10 rings (SSSR count). The van der Waals surface area contributed by atoms with E-state index in [1.807, 2.05) is 35.9 Å². The quantitative estimate of drug-likeness (QED) is 0.181. The van der Waals surface area contributed by atoms with E-state index in [1.165, 1.54) is 47.2 Å². The minimum absolute atomic E-state index is 0.609. The Hall–Kier alpha value is -6.22. The molecule has 0 aliphatic heterocycles. The highest BCUT2D eigenvalue weighted by Crippen LogP contribution is 2.43. The summed E-state index contributed by atoms with van der Waals surface area (Å²) in [5.74, 6) is 0. The SMILES string of the molecule is [C-]#[N+]c1cc(-c2cccc(-n3c4cnccc4c4ccc5c6ccccc6sc5c43)c2)cc(-n2c3ccccc3c3ccccc32)c1. The largest absolute Gasteiger partial charge is 0.310 e. The minimum Gasteiger partial charge on any atom is -0.310 e. The van der Waals surface area contributed by atoms with Crippen molar-refractivity contribution in [1.29, 1.82) is 0 Å². The zero-order chi connectivity index (χ0) is 31.1. The van der Waals surface area contributed by atoms with Crippen molar-refractivity contribution in [1.82, 2.24) is 14.1 Å². The number of hydrogen-bond donors (Lipinski definition) is 0. The number of fused-ring (bicyclic) bond motifs is 10. The third kappa shape index (κ3) is 3.77. The van der Waals surface area contributed by atoms with Crippen LogP contribution in [0.4, 0.5) is 5.69 Å². The van der Waals surface area contributed by atoms with Crippen molar-refractivity contribution in [2.75, 3.05) is 0 Å². The second-order valence-electron chi connectivity index (χ2n) is 11.9. The van der Waals surface area contributed by atoms with E-state index in [0.29, 0.717) is 5.69 Å². The van der Waals surface area contributed by atoms with Gasteiger partial charge in [-0.3, -0.25) is 4.98 Å². The van der Waals surface area contributed by atoms with E-state index < -0.39 is 0 Å². The van der Waals surface area contributed by atoms with Crippen molar-refractivity contribution >= 4 is 80.8 Å². The topological polar surface area (TPSA) is 27.1 Å². The first kappa shape index (κ1) is 26.0. The van der Waals surface area contributed by atoms with Gasteiger partial charge in [0, 0.05) is 54.6 Å². The van der Waals surface area contributed by atoms with Gasteiger partial charge >= 0.3 is 0 Å². The van der Waals surface area contributed by atoms with E-state index in [9.17, 15) is 0 Å². The molecule has 0 atom stereocenters. The Morgan fingerprint density at radius 3 is 2.04 bits per heavy atom. The van der Waals surface area contributed by atoms with Crippen molar-refractivity contribution in [2.24, 2.45) is 0 Å². The number of para-hydroxylation sites is 2. The molecule has 0 aliphatic carbocycles. The summed E-state index contributed by atoms with van der Waals surface area (Å²) in [5.41, 5.74) is 9.23. The molecule has 4 heterocycles. The molecule has 0 radical (unpaired) electrons. The molecule has 0 amide bonds. The first-order valence-electron chi connectivity index (χ1n) is 15.6. The molecule has 0 saturated carbocycles. The maximum absolute atomic E-state index is 8.02. The smallest absolute Gasteiger partial charge is 0.189 e. The van der Waals surface area contributed by atoms with E-state index in [1.54, 1.807) is 0 Å². The lowest BCUT2D eigenvalue weighted by atomic mass is 10.0. The monoisotopic (exact) mass is 616 g/mol. The Labute approximate surface area is 273 Å². The molecule has 0 fully saturated rings. The number of benzene rings is 6. The number of rotatable bonds is 3. The van der Waals surface area contributed by atoms with Crippen molar-refractivity contribution in [2.45, 2.75) is 0 Å². The Kier molecular flexibility index (Phi) is 5.48. The summed E-state index contributed by atoms with van der Waals surface area (Å²) in [6, 6.07) is 47.2. The summed E-state index contributed by atoms with van der Waals surface area (Å²) in [4.78, 5) is 8.48. The van der Waals surface area contributed by atoms with E-state index in [4.69, 9.17) is 6.57 Å². The summed E-state index contributed by atoms with van der Waals surface area (Å²) in [6.45, 7) is 8.02. The molecule has 4 aromatic heterocycles. The van der Waals surface area contributed by atoms with Crippen molar-refractivity contribution in [3.63, 3.8) is 0 Å². The van der Waals surface area contributed by atoms with E-state index >= 15 is 0 Å². The number of pyridine rings is 1. The number of nitrogens with zero attached hydrogens (tertiary/aromatic N) is 4. The molecule has 5 heteroatoms. The Bertz CT molecular complexity index is 2880. The number of hydrogen-bond acceptors (Lipinski definition) is 2. The second-order valence-corrected chi connectivity index (χ2v) is 13.0. The second kappa shape index (κ2) is 9.89. The van der Waals surface area contributed by atoms with Gasteiger partial charge in [0.2, 0.25) is 0 Å². The lowest BCUT2D eigenvalue weighted by Crippen LogP contribution is -1.96. The van der Waals surface area contributed by atoms with Crippen LogP contribution in [0.5, 0.6) is 0 Å². The molecule has 6 aromatic carbocycles. The first-order valence-corrected chi connectivity index (χ1v) is 16.4. The maximum Gasteiger partial charge on any atom is 0.189 e. The van der Waals surface area contributed by atoms with Gasteiger partial charge in [-0.2, -0.15) is 0 Å². The maximum atomic E-state index is 8.02. The Morgan fingerprint density at radius 1 is 0.532 bits per heavy atom. The van der Waals surface area contributed by atoms with Gasteiger partial charge in [0.25, 0.3) is 0 Å². The molecule has 47 heavy (non-hydrogen) atoms. The minimum atomic E-state index is 0.609. The zero-order valence-corrected chi connectivity index (χ0v) is 25.9. The normalized spacial score (nSPS) is 11.8. The van der Waals surface area contributed by atoms with Gasteiger partial charge in [-0.25, -0.2) is 4.85 Å². The Balaban J connectivity index is 1.22. The van der Waals surface area contributed by atoms with Crippen LogP contribution in [0, 0.1) is 6.57 Å². The van der Waals surface area contributed by atoms with Crippen LogP contribution in [-0.2, 0) is 0 Å². The predicted octanol–water partition coefficient (Wildman–Crippen LogP) is 11.9. The molecule has 0 N–H and O–H groups in total. The highest BCUT2D eigenvalue weighted by Gasteiger charge is 2.19. The molecule has 0 bridgehead atoms. The highest BCUT2D eigenvalue weighted by atomic mass is 32.1. The van der Waals surface area contributed by atoms with Crippen molar-refractivity contribution in [3.8, 4) is 22.5 Å². The molecule has 0 unspecified atom stereocenters. The van der Waals surface area contributed by atoms with Crippen LogP contribution in [-0.4, -0.2) is 14.1 Å². The third-order valence-electron chi connectivity index (χ3n) is 9.38. The van der Waals surface area contributed by atoms with Gasteiger partial charge < -0.3 is 9.13 Å². The molecule has 218 valence electrons. The van der Waals surface area contributed by atoms with Gasteiger partial charge in [-0.05, 0) is 65.7 Å². The van der Waals surface area contributed by atoms with Crippen LogP contribution in [0.15, 0.2) is 146 Å². The van der Waals surface area contributed by atoms with Crippen molar-refractivity contribution < 1.29 is 0 Å². The summed E-state index contributed by atoms with van der Waals surface area (Å²) in [6.07, 6.45) is 3.85. The standard InChI is InChI=1S/C42H24N4S/c1-43-28-21-27(23-30(24-28)45-37-14-5-2-11-31(37)32-12-3-6-15-38(32)45)26-9-8-10-29(22-26)46-39-25-44-20-19-33(39)35-17-18-36-34-13-4-7-16-40(34)47-42(36)41(35)46/h2-25H. The lowest BCUT2D eigenvalue weighted by molar-refractivity contribution is 1.17. The zero-order valence-electron chi connectivity index (χ0n) is 25.1. The summed E-state index contributed by atoms with van der Waals surface area (Å²) >= 11 is 1.85. The molecule has 0 spiro atoms. The predicted molar refractivity (Wildman–Crippen MR) is 198 cm³/mol. The molecule has 0 aliphatic rings. The third-order valence-corrected chi connectivity index (χ3v) is 10.6. The van der Waals surface area contributed by atoms with Crippen LogP contribution in [0.3, 0.4) is 0 Å². The van der Waals surface area contributed by atoms with Gasteiger partial charge in [-0.1, -0.05) is 78.9 Å². The highest BCUT2D eigenvalue weighted by molar-refractivity contribution is 7.26. The van der Waals surface area contributed by atoms with Crippen LogP contribution in [0.25, 0.3) is 91.1 Å². The molecular weight excluding hydrogens is 593 g/mol. The summed E-state index contributed by atoms with van der Waals surface area (Å²) in [5, 5.41) is 7.36. The van der Waals surface area contributed by atoms with Crippen LogP contribution in [0.1, 0.15) is 0 Å². The summed E-state index contributed by atoms with van der Waals surface area (Å²) in [7, 11) is 0. The molecular formula is C42H24N4S. The summed E-state index contributed by atoms with van der Waals surface area (Å²) < 4.78 is 7.20. The van der Waals surface area contributed by atoms with Gasteiger partial charge in [-0.15, -0.1) is 11.3 Å². The first-order chi connectivity index (χ1) is 23.3. The van der Waals surface area contributed by atoms with Gasteiger partial charge in [0.15, 0.2) is 5.69 Å². The lowest BCUT2D eigenvalue weighted by Gasteiger charge is -2.13. The van der Waals surface area contributed by atoms with Gasteiger partial charge in [0.1, 0.15) is 0 Å².